The Labute approximate surface area is 482 Å². The molecular weight excluding hydrogens is 1070 g/mol. The molecule has 4 fully saturated rings. The smallest absolute Gasteiger partial charge is 0.319 e. The number of piperazine rings is 1. The summed E-state index contributed by atoms with van der Waals surface area (Å²) in [5.41, 5.74) is 8.88. The Hall–Kier alpha value is -7.03. The molecule has 4 aromatic carbocycles. The van der Waals surface area contributed by atoms with Crippen LogP contribution in [-0.4, -0.2) is 134 Å². The van der Waals surface area contributed by atoms with Gasteiger partial charge in [0.05, 0.1) is 53.1 Å². The number of fused-ring (bicyclic) bond motifs is 3. The highest BCUT2D eigenvalue weighted by atomic mass is 35.5. The van der Waals surface area contributed by atoms with E-state index < -0.39 is 0 Å². The van der Waals surface area contributed by atoms with E-state index in [1.54, 1.807) is 25.7 Å². The maximum absolute atomic E-state index is 13.7. The van der Waals surface area contributed by atoms with Crippen molar-refractivity contribution in [2.24, 2.45) is 16.3 Å². The standard InChI is InChI=1S/C45H52Cl2N10O4.C13H13N3O2.C2H6/c1-23(2)41(44(58)55-14-6-7-24(55)3)57-20-34(53-54-57)28-10-8-26(9-11-28)22-60-42-38(37-31-17-49-52-33(31)16-32(46)39(37)47)29(27-12-13-27)15-30-40(42)50-45(61-21-25(4)59-5)51-43(30)56-19-35-36(56)18-48-35;17-7-13(16-9-18)11-3-1-10(2-4-11)12-5-14-8-15-6-12;1-2/h8-11,15-17,23-25,27,34-36,41,48H,6-7,12-14,18-22H2,1-5H3,(H,49,52);1-6,8-9,13,17H,7H2,(H,16,18);1-2H3/t24?,25-,34?,35?,36?,41?;;/m0../s1. The van der Waals surface area contributed by atoms with Gasteiger partial charge < -0.3 is 39.8 Å². The van der Waals surface area contributed by atoms with Crippen LogP contribution in [-0.2, 0) is 20.9 Å². The van der Waals surface area contributed by atoms with Crippen LogP contribution >= 0.6 is 23.2 Å². The number of rotatable bonds is 19. The molecule has 0 bridgehead atoms. The number of methoxy groups -OCH3 is 1. The molecule has 1 aliphatic carbocycles. The van der Waals surface area contributed by atoms with Crippen LogP contribution < -0.4 is 25.0 Å². The van der Waals surface area contributed by atoms with Crippen molar-refractivity contribution >= 4 is 63.1 Å². The molecule has 426 valence electrons. The largest absolute Gasteiger partial charge is 0.486 e. The molecule has 3 aromatic heterocycles. The molecule has 7 heterocycles. The molecule has 21 heteroatoms. The van der Waals surface area contributed by atoms with E-state index in [1.807, 2.05) is 61.0 Å². The van der Waals surface area contributed by atoms with E-state index in [1.165, 1.54) is 6.33 Å². The van der Waals surface area contributed by atoms with Gasteiger partial charge in [0.2, 0.25) is 12.3 Å². The average Bonchev–Trinajstić information content (AvgIpc) is 3.93. The summed E-state index contributed by atoms with van der Waals surface area (Å²) in [7, 11) is 1.66. The van der Waals surface area contributed by atoms with Crippen molar-refractivity contribution in [2.75, 3.05) is 51.4 Å². The number of aliphatic hydroxyl groups excluding tert-OH is 1. The fraction of sp³-hybridized carbons (Fsp3) is 0.450. The van der Waals surface area contributed by atoms with Gasteiger partial charge >= 0.3 is 6.01 Å². The fourth-order valence-corrected chi connectivity index (χ4v) is 11.6. The fourth-order valence-electron chi connectivity index (χ4n) is 11.1. The summed E-state index contributed by atoms with van der Waals surface area (Å²) >= 11 is 14.1. The van der Waals surface area contributed by atoms with Crippen LogP contribution in [0.5, 0.6) is 11.8 Å². The lowest BCUT2D eigenvalue weighted by atomic mass is 9.87. The normalized spacial score (nSPS) is 20.1. The van der Waals surface area contributed by atoms with Crippen molar-refractivity contribution in [3.8, 4) is 34.0 Å². The molecule has 81 heavy (non-hydrogen) atoms. The van der Waals surface area contributed by atoms with Crippen molar-refractivity contribution in [2.45, 2.75) is 122 Å². The lowest BCUT2D eigenvalue weighted by Crippen LogP contribution is -2.78. The summed E-state index contributed by atoms with van der Waals surface area (Å²) in [6, 6.07) is 20.3. The molecule has 1 saturated carbocycles. The van der Waals surface area contributed by atoms with Gasteiger partial charge in [-0.05, 0) is 91.3 Å². The first kappa shape index (κ1) is 57.2. The number of ether oxygens (including phenoxy) is 3. The minimum Gasteiger partial charge on any atom is -0.486 e. The van der Waals surface area contributed by atoms with E-state index in [0.29, 0.717) is 52.3 Å². The number of likely N-dealkylation sites (tertiary alicyclic amines) is 1. The molecule has 4 N–H and O–H groups in total. The third-order valence-electron chi connectivity index (χ3n) is 15.9. The first-order valence-electron chi connectivity index (χ1n) is 28.1. The monoisotopic (exact) mass is 1140 g/mol. The van der Waals surface area contributed by atoms with Crippen molar-refractivity contribution in [3.63, 3.8) is 0 Å². The first-order chi connectivity index (χ1) is 39.4. The van der Waals surface area contributed by atoms with E-state index in [0.717, 1.165) is 112 Å². The summed E-state index contributed by atoms with van der Waals surface area (Å²) < 4.78 is 18.8. The number of aromatic nitrogens is 6. The summed E-state index contributed by atoms with van der Waals surface area (Å²) in [5.74, 6) is 1.95. The van der Waals surface area contributed by atoms with Crippen LogP contribution in [0, 0.1) is 5.92 Å². The molecule has 2 amide bonds. The van der Waals surface area contributed by atoms with E-state index in [2.05, 4.69) is 97.1 Å². The van der Waals surface area contributed by atoms with Crippen molar-refractivity contribution < 1.29 is 28.9 Å². The topological polar surface area (TPSA) is 221 Å². The lowest BCUT2D eigenvalue weighted by Gasteiger charge is -2.56. The van der Waals surface area contributed by atoms with Crippen LogP contribution in [0.2, 0.25) is 10.0 Å². The van der Waals surface area contributed by atoms with Crippen molar-refractivity contribution in [1.82, 2.24) is 50.7 Å². The summed E-state index contributed by atoms with van der Waals surface area (Å²) in [6.45, 7) is 15.7. The Kier molecular flexibility index (Phi) is 17.9. The van der Waals surface area contributed by atoms with E-state index in [-0.39, 0.29) is 67.9 Å². The number of hydrogen-bond donors (Lipinski definition) is 4. The van der Waals surface area contributed by atoms with Crippen LogP contribution in [0.1, 0.15) is 107 Å². The average molecular weight is 1140 g/mol. The number of benzene rings is 4. The molecule has 0 spiro atoms. The van der Waals surface area contributed by atoms with Gasteiger partial charge in [-0.25, -0.2) is 9.97 Å². The van der Waals surface area contributed by atoms with Crippen LogP contribution in [0.4, 0.5) is 5.82 Å². The van der Waals surface area contributed by atoms with Gasteiger partial charge in [0, 0.05) is 78.7 Å². The number of halogens is 2. The lowest BCUT2D eigenvalue weighted by molar-refractivity contribution is -0.139. The number of hydrogen-bond acceptors (Lipinski definition) is 16. The van der Waals surface area contributed by atoms with Gasteiger partial charge in [0.1, 0.15) is 43.0 Å². The predicted octanol–water partition coefficient (Wildman–Crippen LogP) is 10.2. The Bertz CT molecular complexity index is 3350. The molecular formula is C60H71Cl2N13O6. The number of carbonyl (C=O) groups is 2. The zero-order valence-electron chi connectivity index (χ0n) is 46.9. The maximum Gasteiger partial charge on any atom is 0.319 e. The highest BCUT2D eigenvalue weighted by Gasteiger charge is 2.47. The highest BCUT2D eigenvalue weighted by molar-refractivity contribution is 6.45. The third kappa shape index (κ3) is 12.0. The Morgan fingerprint density at radius 1 is 0.926 bits per heavy atom. The second-order valence-corrected chi connectivity index (χ2v) is 22.3. The quantitative estimate of drug-likeness (QED) is 0.0554. The van der Waals surface area contributed by atoms with Gasteiger partial charge in [-0.15, -0.1) is 0 Å². The number of anilines is 1. The molecule has 7 atom stereocenters. The van der Waals surface area contributed by atoms with Crippen molar-refractivity contribution in [1.29, 1.82) is 0 Å². The predicted molar refractivity (Wildman–Crippen MR) is 313 cm³/mol. The van der Waals surface area contributed by atoms with Crippen LogP contribution in [0.3, 0.4) is 0 Å². The van der Waals surface area contributed by atoms with Crippen LogP contribution in [0.25, 0.3) is 44.1 Å². The van der Waals surface area contributed by atoms with E-state index in [9.17, 15) is 9.59 Å². The molecule has 4 aliphatic heterocycles. The second-order valence-electron chi connectivity index (χ2n) is 21.5. The number of nitrogens with one attached hydrogen (secondary N) is 3. The number of aromatic amines is 1. The zero-order valence-corrected chi connectivity index (χ0v) is 48.4. The van der Waals surface area contributed by atoms with Gasteiger partial charge in [0.15, 0.2) is 5.75 Å². The number of H-pyrrole nitrogens is 1. The summed E-state index contributed by atoms with van der Waals surface area (Å²) in [6.07, 6.45) is 11.3. The number of carbonyl (C=O) groups excluding carboxylic acids is 2. The van der Waals surface area contributed by atoms with Gasteiger partial charge in [-0.1, -0.05) is 105 Å². The SMILES string of the molecule is CC.CO[C@@H](C)COc1nc(N2CC3NCC32)c2cc(C3CC3)c(-c3c(Cl)c(Cl)cc4[nH]ncc34)c(OCc3ccc(C4CN(C(C(=O)N5CCCC5C)C(C)C)N=N4)cc3)c2n1.O=CNC(CO)c1ccc(-c2cncnc2)cc1. The first-order valence-corrected chi connectivity index (χ1v) is 28.9. The summed E-state index contributed by atoms with van der Waals surface area (Å²) in [4.78, 5) is 46.6. The van der Waals surface area contributed by atoms with Gasteiger partial charge in [-0.3, -0.25) is 19.7 Å². The molecule has 0 radical (unpaired) electrons. The van der Waals surface area contributed by atoms with Gasteiger partial charge in [0.25, 0.3) is 0 Å². The Morgan fingerprint density at radius 3 is 2.32 bits per heavy atom. The molecule has 12 rings (SSSR count). The second kappa shape index (κ2) is 25.4. The Balaban J connectivity index is 0.000000312. The molecule has 19 nitrogen and oxygen atoms in total. The molecule has 6 unspecified atom stereocenters. The molecule has 3 saturated heterocycles. The minimum atomic E-state index is -0.372. The Morgan fingerprint density at radius 2 is 1.69 bits per heavy atom. The highest BCUT2D eigenvalue weighted by Crippen LogP contribution is 2.55. The molecule has 7 aromatic rings. The van der Waals surface area contributed by atoms with E-state index >= 15 is 0 Å². The van der Waals surface area contributed by atoms with Gasteiger partial charge in [-0.2, -0.15) is 20.2 Å². The zero-order chi connectivity index (χ0) is 56.9. The third-order valence-corrected chi connectivity index (χ3v) is 16.7. The number of nitrogens with zero attached hydrogens (tertiary/aromatic N) is 10. The number of aliphatic hydroxyl groups is 1. The maximum atomic E-state index is 13.7. The summed E-state index contributed by atoms with van der Waals surface area (Å²) in [5, 5.41) is 36.4. The minimum absolute atomic E-state index is 0.0965. The van der Waals surface area contributed by atoms with Crippen LogP contribution in [0.15, 0.2) is 95.9 Å². The molecule has 5 aliphatic rings. The van der Waals surface area contributed by atoms with E-state index in [4.69, 9.17) is 52.5 Å². The number of amides is 2. The van der Waals surface area contributed by atoms with Crippen molar-refractivity contribution in [3.05, 3.63) is 118 Å².